The summed E-state index contributed by atoms with van der Waals surface area (Å²) in [7, 11) is 3.07. The Balaban J connectivity index is 1.71. The molecule has 8 nitrogen and oxygen atoms in total. The molecule has 2 amide bonds. The lowest BCUT2D eigenvalue weighted by Gasteiger charge is -2.34. The number of carboxylic acids is 1. The molecule has 0 aliphatic carbocycles. The molecule has 2 aromatic rings. The lowest BCUT2D eigenvalue weighted by molar-refractivity contribution is 0.0697. The molecule has 28 heavy (non-hydrogen) atoms. The Morgan fingerprint density at radius 2 is 1.75 bits per heavy atom. The Kier molecular flexibility index (Phi) is 5.70. The number of β-amino-alcohol motifs (C(OH)–C–C–N with tert-alkyl or cyclic N) is 1. The smallest absolute Gasteiger partial charge is 0.335 e. The van der Waals surface area contributed by atoms with Gasteiger partial charge in [0.1, 0.15) is 17.6 Å². The van der Waals surface area contributed by atoms with E-state index in [1.165, 1.54) is 31.3 Å². The molecule has 1 atom stereocenters. The summed E-state index contributed by atoms with van der Waals surface area (Å²) >= 11 is 0. The van der Waals surface area contributed by atoms with Crippen molar-refractivity contribution in [1.29, 1.82) is 0 Å². The Bertz CT molecular complexity index is 881. The van der Waals surface area contributed by atoms with Crippen molar-refractivity contribution in [3.05, 3.63) is 58.7 Å². The van der Waals surface area contributed by atoms with Crippen LogP contribution in [0.5, 0.6) is 11.5 Å². The maximum atomic E-state index is 12.6. The first-order chi connectivity index (χ1) is 13.4. The van der Waals surface area contributed by atoms with Crippen molar-refractivity contribution in [2.45, 2.75) is 19.2 Å². The average Bonchev–Trinajstić information content (AvgIpc) is 2.71. The molecule has 0 fully saturated rings. The molecule has 1 aliphatic rings. The molecule has 0 bridgehead atoms. The number of benzene rings is 2. The maximum Gasteiger partial charge on any atom is 0.335 e. The van der Waals surface area contributed by atoms with Crippen LogP contribution in [-0.2, 0) is 13.1 Å². The molecular formula is C20H22N2O6. The second kappa shape index (κ2) is 8.18. The lowest BCUT2D eigenvalue weighted by Crippen LogP contribution is -2.44. The van der Waals surface area contributed by atoms with E-state index < -0.39 is 12.1 Å². The predicted molar refractivity (Wildman–Crippen MR) is 101 cm³/mol. The Morgan fingerprint density at radius 3 is 2.36 bits per heavy atom. The molecule has 3 rings (SSSR count). The molecule has 2 aromatic carbocycles. The van der Waals surface area contributed by atoms with E-state index in [0.717, 1.165) is 5.56 Å². The number of hydrogen-bond donors (Lipinski definition) is 3. The number of hydrogen-bond acceptors (Lipinski definition) is 5. The number of amides is 2. The Morgan fingerprint density at radius 1 is 1.11 bits per heavy atom. The minimum atomic E-state index is -0.999. The number of aliphatic hydroxyl groups excluding tert-OH is 1. The first kappa shape index (κ1) is 19.5. The third-order valence-corrected chi connectivity index (χ3v) is 4.72. The van der Waals surface area contributed by atoms with E-state index in [1.54, 1.807) is 24.3 Å². The second-order valence-electron chi connectivity index (χ2n) is 6.42. The molecule has 0 saturated carbocycles. The van der Waals surface area contributed by atoms with Gasteiger partial charge in [-0.1, -0.05) is 12.1 Å². The average molecular weight is 386 g/mol. The van der Waals surface area contributed by atoms with Crippen LogP contribution in [0.2, 0.25) is 0 Å². The number of aliphatic hydroxyl groups is 1. The van der Waals surface area contributed by atoms with Crippen LogP contribution >= 0.6 is 0 Å². The van der Waals surface area contributed by atoms with Gasteiger partial charge in [-0.15, -0.1) is 0 Å². The van der Waals surface area contributed by atoms with Crippen LogP contribution in [0.1, 0.15) is 33.2 Å². The van der Waals surface area contributed by atoms with Gasteiger partial charge < -0.3 is 29.9 Å². The van der Waals surface area contributed by atoms with Crippen LogP contribution in [0.3, 0.4) is 0 Å². The molecule has 8 heteroatoms. The number of carbonyl (C=O) groups is 2. The van der Waals surface area contributed by atoms with Crippen molar-refractivity contribution in [3.63, 3.8) is 0 Å². The maximum absolute atomic E-state index is 12.6. The third kappa shape index (κ3) is 3.86. The van der Waals surface area contributed by atoms with Gasteiger partial charge in [-0.3, -0.25) is 0 Å². The molecule has 0 radical (unpaired) electrons. The molecule has 0 aromatic heterocycles. The van der Waals surface area contributed by atoms with Gasteiger partial charge in [0.05, 0.1) is 32.9 Å². The summed E-state index contributed by atoms with van der Waals surface area (Å²) in [6.07, 6.45) is -0.894. The number of carbonyl (C=O) groups excluding carboxylic acids is 1. The fourth-order valence-corrected chi connectivity index (χ4v) is 3.29. The topological polar surface area (TPSA) is 108 Å². The zero-order valence-electron chi connectivity index (χ0n) is 15.6. The van der Waals surface area contributed by atoms with Gasteiger partial charge >= 0.3 is 12.0 Å². The van der Waals surface area contributed by atoms with Crippen molar-refractivity contribution < 1.29 is 29.3 Å². The summed E-state index contributed by atoms with van der Waals surface area (Å²) in [6, 6.07) is 9.42. The number of methoxy groups -OCH3 is 2. The van der Waals surface area contributed by atoms with E-state index in [4.69, 9.17) is 14.6 Å². The highest BCUT2D eigenvalue weighted by atomic mass is 16.5. The van der Waals surface area contributed by atoms with Crippen LogP contribution in [0.25, 0.3) is 0 Å². The highest BCUT2D eigenvalue weighted by Gasteiger charge is 2.31. The van der Waals surface area contributed by atoms with Crippen LogP contribution in [0, 0.1) is 0 Å². The number of ether oxygens (including phenoxy) is 2. The van der Waals surface area contributed by atoms with Crippen LogP contribution in [0.4, 0.5) is 4.79 Å². The van der Waals surface area contributed by atoms with Gasteiger partial charge in [0.2, 0.25) is 0 Å². The minimum absolute atomic E-state index is 0.125. The minimum Gasteiger partial charge on any atom is -0.496 e. The van der Waals surface area contributed by atoms with Gasteiger partial charge in [-0.05, 0) is 29.8 Å². The first-order valence-electron chi connectivity index (χ1n) is 8.71. The summed E-state index contributed by atoms with van der Waals surface area (Å²) in [5.41, 5.74) is 2.30. The van der Waals surface area contributed by atoms with Gasteiger partial charge in [0.25, 0.3) is 0 Å². The van der Waals surface area contributed by atoms with Crippen LogP contribution in [0.15, 0.2) is 36.4 Å². The molecule has 0 saturated heterocycles. The van der Waals surface area contributed by atoms with Crippen LogP contribution in [-0.4, -0.2) is 47.9 Å². The zero-order chi connectivity index (χ0) is 20.3. The normalized spacial score (nSPS) is 15.5. The zero-order valence-corrected chi connectivity index (χ0v) is 15.6. The van der Waals surface area contributed by atoms with Gasteiger partial charge in [0, 0.05) is 17.7 Å². The number of nitrogens with one attached hydrogen (secondary N) is 1. The quantitative estimate of drug-likeness (QED) is 0.727. The van der Waals surface area contributed by atoms with Gasteiger partial charge in [-0.25, -0.2) is 9.59 Å². The standard InChI is InChI=1S/C20H22N2O6/c1-27-16-7-8-17(28-2)18-14(16)10-22(11-15(18)23)20(26)21-9-12-3-5-13(6-4-12)19(24)25/h3-8,15,23H,9-11H2,1-2H3,(H,21,26)(H,24,25). The lowest BCUT2D eigenvalue weighted by atomic mass is 9.95. The van der Waals surface area contributed by atoms with E-state index >= 15 is 0 Å². The molecule has 1 heterocycles. The van der Waals surface area contributed by atoms with E-state index in [0.29, 0.717) is 22.6 Å². The van der Waals surface area contributed by atoms with E-state index in [2.05, 4.69) is 5.32 Å². The Labute approximate surface area is 162 Å². The van der Waals surface area contributed by atoms with E-state index in [9.17, 15) is 14.7 Å². The second-order valence-corrected chi connectivity index (χ2v) is 6.42. The molecule has 0 spiro atoms. The fraction of sp³-hybridized carbons (Fsp3) is 0.300. The van der Waals surface area contributed by atoms with Crippen molar-refractivity contribution in [2.75, 3.05) is 20.8 Å². The first-order valence-corrected chi connectivity index (χ1v) is 8.71. The van der Waals surface area contributed by atoms with E-state index in [1.807, 2.05) is 0 Å². The summed E-state index contributed by atoms with van der Waals surface area (Å²) in [5, 5.41) is 22.3. The third-order valence-electron chi connectivity index (χ3n) is 4.72. The van der Waals surface area contributed by atoms with Crippen molar-refractivity contribution in [2.24, 2.45) is 0 Å². The number of carboxylic acid groups (broad SMARTS) is 1. The van der Waals surface area contributed by atoms with Gasteiger partial charge in [0.15, 0.2) is 0 Å². The summed E-state index contributed by atoms with van der Waals surface area (Å²) < 4.78 is 10.7. The number of urea groups is 1. The fourth-order valence-electron chi connectivity index (χ4n) is 3.29. The van der Waals surface area contributed by atoms with Crippen molar-refractivity contribution in [3.8, 4) is 11.5 Å². The largest absolute Gasteiger partial charge is 0.496 e. The number of aromatic carboxylic acids is 1. The molecular weight excluding hydrogens is 364 g/mol. The number of fused-ring (bicyclic) bond motifs is 1. The highest BCUT2D eigenvalue weighted by molar-refractivity contribution is 5.87. The van der Waals surface area contributed by atoms with Crippen molar-refractivity contribution >= 4 is 12.0 Å². The van der Waals surface area contributed by atoms with Crippen molar-refractivity contribution in [1.82, 2.24) is 10.2 Å². The highest BCUT2D eigenvalue weighted by Crippen LogP contribution is 2.39. The molecule has 3 N–H and O–H groups in total. The number of rotatable bonds is 5. The summed E-state index contributed by atoms with van der Waals surface area (Å²) in [6.45, 7) is 0.643. The van der Waals surface area contributed by atoms with Gasteiger partial charge in [-0.2, -0.15) is 0 Å². The monoisotopic (exact) mass is 386 g/mol. The SMILES string of the molecule is COc1ccc(OC)c2c1CN(C(=O)NCc1ccc(C(=O)O)cc1)CC2O. The molecule has 1 unspecified atom stereocenters. The number of nitrogens with zero attached hydrogens (tertiary/aromatic N) is 1. The summed E-state index contributed by atoms with van der Waals surface area (Å²) in [5.74, 6) is 0.138. The Hall–Kier alpha value is -3.26. The molecule has 1 aliphatic heterocycles. The molecule has 148 valence electrons. The summed E-state index contributed by atoms with van der Waals surface area (Å²) in [4.78, 5) is 25.0. The predicted octanol–water partition coefficient (Wildman–Crippen LogP) is 2.16. The van der Waals surface area contributed by atoms with Crippen LogP contribution < -0.4 is 14.8 Å². The van der Waals surface area contributed by atoms with E-state index in [-0.39, 0.29) is 31.2 Å².